The van der Waals surface area contributed by atoms with Crippen LogP contribution in [-0.4, -0.2) is 27.2 Å². The van der Waals surface area contributed by atoms with E-state index in [9.17, 15) is 4.79 Å². The number of nitrogens with zero attached hydrogens (tertiary/aromatic N) is 2. The van der Waals surface area contributed by atoms with E-state index < -0.39 is 5.91 Å². The van der Waals surface area contributed by atoms with Gasteiger partial charge in [0.25, 0.3) is 5.91 Å². The Balaban J connectivity index is 2.09. The van der Waals surface area contributed by atoms with Crippen LogP contribution in [0.1, 0.15) is 10.5 Å². The van der Waals surface area contributed by atoms with Gasteiger partial charge in [0.05, 0.1) is 0 Å². The van der Waals surface area contributed by atoms with Gasteiger partial charge in [-0.2, -0.15) is 16.9 Å². The van der Waals surface area contributed by atoms with Gasteiger partial charge >= 0.3 is 0 Å². The first-order valence-electron chi connectivity index (χ1n) is 4.16. The van der Waals surface area contributed by atoms with Gasteiger partial charge in [0.2, 0.25) is 0 Å². The molecule has 4 nitrogen and oxygen atoms in total. The first-order valence-corrected chi connectivity index (χ1v) is 5.32. The number of aromatic nitrogens is 2. The average Bonchev–Trinajstić information content (AvgIpc) is 2.44. The number of carbonyl (C=O) groups is 1. The van der Waals surface area contributed by atoms with Gasteiger partial charge in [-0.25, -0.2) is 0 Å². The minimum absolute atomic E-state index is 0.399. The Morgan fingerprint density at radius 3 is 3.08 bits per heavy atom. The summed E-state index contributed by atoms with van der Waals surface area (Å²) >= 11 is 1.92. The predicted molar refractivity (Wildman–Crippen MR) is 51.6 cm³/mol. The van der Waals surface area contributed by atoms with Gasteiger partial charge in [-0.15, -0.1) is 0 Å². The molecule has 0 bridgehead atoms. The summed E-state index contributed by atoms with van der Waals surface area (Å²) in [4.78, 5) is 10.9. The average molecular weight is 197 g/mol. The Hall–Kier alpha value is -0.970. The molecule has 0 radical (unpaired) electrons. The molecule has 0 aromatic carbocycles. The summed E-state index contributed by atoms with van der Waals surface area (Å²) in [6.07, 6.45) is 1.62. The number of rotatable bonds is 3. The molecule has 1 amide bonds. The van der Waals surface area contributed by atoms with Crippen LogP contribution in [0, 0.1) is 5.92 Å². The lowest BCUT2D eigenvalue weighted by molar-refractivity contribution is 0.0989. The normalized spacial score (nSPS) is 16.9. The Labute approximate surface area is 80.5 Å². The van der Waals surface area contributed by atoms with E-state index in [1.54, 1.807) is 16.9 Å². The monoisotopic (exact) mass is 197 g/mol. The van der Waals surface area contributed by atoms with Gasteiger partial charge < -0.3 is 5.73 Å². The molecule has 5 heteroatoms. The van der Waals surface area contributed by atoms with Gasteiger partial charge in [-0.05, 0) is 23.5 Å². The second-order valence-corrected chi connectivity index (χ2v) is 4.24. The molecule has 2 N–H and O–H groups in total. The molecule has 0 unspecified atom stereocenters. The first kappa shape index (κ1) is 8.62. The molecule has 0 aliphatic carbocycles. The van der Waals surface area contributed by atoms with Crippen molar-refractivity contribution in [2.24, 2.45) is 11.7 Å². The van der Waals surface area contributed by atoms with Crippen molar-refractivity contribution in [2.75, 3.05) is 11.5 Å². The van der Waals surface area contributed by atoms with Gasteiger partial charge in [-0.3, -0.25) is 9.48 Å². The van der Waals surface area contributed by atoms with Crippen molar-refractivity contribution in [1.82, 2.24) is 9.78 Å². The lowest BCUT2D eigenvalue weighted by atomic mass is 10.2. The third-order valence-corrected chi connectivity index (χ3v) is 3.52. The molecule has 1 aromatic heterocycles. The van der Waals surface area contributed by atoms with E-state index >= 15 is 0 Å². The van der Waals surface area contributed by atoms with E-state index in [2.05, 4.69) is 5.10 Å². The molecule has 1 aromatic rings. The number of nitrogens with two attached hydrogens (primary N) is 1. The minimum Gasteiger partial charge on any atom is -0.364 e. The molecule has 1 aliphatic heterocycles. The molecule has 1 saturated heterocycles. The van der Waals surface area contributed by atoms with Gasteiger partial charge in [0.1, 0.15) is 5.69 Å². The topological polar surface area (TPSA) is 60.9 Å². The number of primary amides is 1. The largest absolute Gasteiger partial charge is 0.364 e. The number of thioether (sulfide) groups is 1. The summed E-state index contributed by atoms with van der Waals surface area (Å²) in [5.74, 6) is 2.59. The Morgan fingerprint density at radius 1 is 1.77 bits per heavy atom. The zero-order chi connectivity index (χ0) is 9.26. The van der Waals surface area contributed by atoms with Crippen LogP contribution >= 0.6 is 11.8 Å². The number of amides is 1. The van der Waals surface area contributed by atoms with Gasteiger partial charge in [0, 0.05) is 12.7 Å². The maximum Gasteiger partial charge on any atom is 0.266 e. The number of hydrogen-bond donors (Lipinski definition) is 1. The van der Waals surface area contributed by atoms with Crippen LogP contribution in [-0.2, 0) is 6.54 Å². The fourth-order valence-electron chi connectivity index (χ4n) is 1.32. The molecule has 13 heavy (non-hydrogen) atoms. The maximum absolute atomic E-state index is 10.9. The lowest BCUT2D eigenvalue weighted by Gasteiger charge is -2.24. The zero-order valence-corrected chi connectivity index (χ0v) is 7.96. The van der Waals surface area contributed by atoms with E-state index in [1.807, 2.05) is 11.8 Å². The Kier molecular flexibility index (Phi) is 2.26. The van der Waals surface area contributed by atoms with Crippen molar-refractivity contribution in [3.05, 3.63) is 18.0 Å². The van der Waals surface area contributed by atoms with Crippen LogP contribution < -0.4 is 5.73 Å². The summed E-state index contributed by atoms with van der Waals surface area (Å²) in [6, 6.07) is 1.66. The Bertz CT molecular complexity index is 319. The molecule has 2 heterocycles. The van der Waals surface area contributed by atoms with Crippen molar-refractivity contribution in [1.29, 1.82) is 0 Å². The summed E-state index contributed by atoms with van der Waals surface area (Å²) in [5.41, 5.74) is 5.70. The molecule has 1 fully saturated rings. The highest BCUT2D eigenvalue weighted by atomic mass is 32.2. The van der Waals surface area contributed by atoms with Gasteiger partial charge in [0.15, 0.2) is 0 Å². The SMILES string of the molecule is NC(=O)c1ccnn1CC1CSC1. The third-order valence-electron chi connectivity index (χ3n) is 2.11. The van der Waals surface area contributed by atoms with Crippen molar-refractivity contribution in [2.45, 2.75) is 6.54 Å². The van der Waals surface area contributed by atoms with Crippen molar-refractivity contribution < 1.29 is 4.79 Å². The smallest absolute Gasteiger partial charge is 0.266 e. The van der Waals surface area contributed by atoms with Gasteiger partial charge in [-0.1, -0.05) is 0 Å². The minimum atomic E-state index is -0.399. The first-order chi connectivity index (χ1) is 6.27. The van der Waals surface area contributed by atoms with E-state index in [0.29, 0.717) is 11.6 Å². The summed E-state index contributed by atoms with van der Waals surface area (Å²) in [5, 5.41) is 4.07. The lowest BCUT2D eigenvalue weighted by Crippen LogP contribution is -2.27. The predicted octanol–water partition coefficient (Wildman–Crippen LogP) is 0.345. The van der Waals surface area contributed by atoms with Crippen molar-refractivity contribution >= 4 is 17.7 Å². The molecular weight excluding hydrogens is 186 g/mol. The molecule has 1 aliphatic rings. The molecular formula is C8H11N3OS. The maximum atomic E-state index is 10.9. The van der Waals surface area contributed by atoms with E-state index in [0.717, 1.165) is 18.1 Å². The second-order valence-electron chi connectivity index (χ2n) is 3.17. The van der Waals surface area contributed by atoms with Crippen LogP contribution in [0.3, 0.4) is 0 Å². The summed E-state index contributed by atoms with van der Waals surface area (Å²) in [6.45, 7) is 0.818. The molecule has 70 valence electrons. The third kappa shape index (κ3) is 1.70. The van der Waals surface area contributed by atoms with Crippen molar-refractivity contribution in [3.63, 3.8) is 0 Å². The molecule has 0 saturated carbocycles. The highest BCUT2D eigenvalue weighted by molar-refractivity contribution is 8.00. The van der Waals surface area contributed by atoms with E-state index in [-0.39, 0.29) is 0 Å². The Morgan fingerprint density at radius 2 is 2.54 bits per heavy atom. The molecule has 0 spiro atoms. The van der Waals surface area contributed by atoms with Crippen LogP contribution in [0.4, 0.5) is 0 Å². The standard InChI is InChI=1S/C8H11N3OS/c9-8(12)7-1-2-10-11(7)3-6-4-13-5-6/h1-2,6H,3-5H2,(H2,9,12). The fourth-order valence-corrected chi connectivity index (χ4v) is 2.10. The molecule has 0 atom stereocenters. The fraction of sp³-hybridized carbons (Fsp3) is 0.500. The number of carbonyl (C=O) groups excluding carboxylic acids is 1. The highest BCUT2D eigenvalue weighted by Crippen LogP contribution is 2.25. The molecule has 2 rings (SSSR count). The number of hydrogen-bond acceptors (Lipinski definition) is 3. The second kappa shape index (κ2) is 3.41. The highest BCUT2D eigenvalue weighted by Gasteiger charge is 2.20. The van der Waals surface area contributed by atoms with E-state index in [4.69, 9.17) is 5.73 Å². The quantitative estimate of drug-likeness (QED) is 0.760. The van der Waals surface area contributed by atoms with E-state index in [1.165, 1.54) is 0 Å². The van der Waals surface area contributed by atoms with Crippen LogP contribution in [0.15, 0.2) is 12.3 Å². The van der Waals surface area contributed by atoms with Crippen LogP contribution in [0.5, 0.6) is 0 Å². The van der Waals surface area contributed by atoms with Crippen LogP contribution in [0.2, 0.25) is 0 Å². The zero-order valence-electron chi connectivity index (χ0n) is 7.14. The summed E-state index contributed by atoms with van der Waals surface area (Å²) < 4.78 is 1.70. The van der Waals surface area contributed by atoms with Crippen LogP contribution in [0.25, 0.3) is 0 Å². The summed E-state index contributed by atoms with van der Waals surface area (Å²) in [7, 11) is 0. The van der Waals surface area contributed by atoms with Crippen molar-refractivity contribution in [3.8, 4) is 0 Å².